The van der Waals surface area contributed by atoms with Crippen LogP contribution in [0.4, 0.5) is 0 Å². The molecule has 0 unspecified atom stereocenters. The summed E-state index contributed by atoms with van der Waals surface area (Å²) in [7, 11) is 6.79. The van der Waals surface area contributed by atoms with Gasteiger partial charge in [0.2, 0.25) is 0 Å². The molecule has 0 radical (unpaired) electrons. The van der Waals surface area contributed by atoms with E-state index in [9.17, 15) is 30.0 Å². The van der Waals surface area contributed by atoms with Crippen LogP contribution in [0.15, 0.2) is 23.3 Å². The van der Waals surface area contributed by atoms with Gasteiger partial charge in [0.1, 0.15) is 29.0 Å². The molecule has 0 bridgehead atoms. The Morgan fingerprint density at radius 2 is 1.16 bits per heavy atom. The molecule has 7 fully saturated rings. The molecule has 4 N–H and O–H groups in total. The largest absolute Gasteiger partial charge is 0.458 e. The standard InChI is InChI=1S/C62H102O19/c1-34(2)35(3)21-55(64)81-54-27-53-58(9)17-16-42(22-41(58)15-18-61(53,67)62(68)20-19-60(66,40(8)63)59(54,62)10)80-56-26-51(71-13)48(38(6)79-56)33-74-29-44-24-49(69-11)46(36(4)77-44)31-73-28-43-23-50(70-12)47(37(5)76-43)32-75-30-45-25-52(72-14)57(65)39(7)78-45/h15,21,34,36-39,42-54,56-57,65-68H,16-20,22-33H2,1-14H3/b35-21+/t36-,37+,38+,39-,42-,43+,44+,45+,46+,47+,48+,49-,50-,51-,52+,53+,54+,56-,57-,58-,59+,60+,61-,62+/m0/s1. The van der Waals surface area contributed by atoms with E-state index in [0.717, 1.165) is 11.1 Å². The zero-order valence-electron chi connectivity index (χ0n) is 51.1. The van der Waals surface area contributed by atoms with Crippen molar-refractivity contribution < 1.29 is 91.6 Å². The molecule has 4 saturated heterocycles. The van der Waals surface area contributed by atoms with Crippen molar-refractivity contribution in [2.24, 2.45) is 40.4 Å². The van der Waals surface area contributed by atoms with Crippen LogP contribution in [0, 0.1) is 40.4 Å². The Kier molecular flexibility index (Phi) is 21.3. The lowest BCUT2D eigenvalue weighted by atomic mass is 9.42. The van der Waals surface area contributed by atoms with Crippen molar-refractivity contribution in [1.29, 1.82) is 0 Å². The predicted molar refractivity (Wildman–Crippen MR) is 297 cm³/mol. The fourth-order valence-electron chi connectivity index (χ4n) is 16.0. The van der Waals surface area contributed by atoms with Gasteiger partial charge in [-0.05, 0) is 105 Å². The minimum absolute atomic E-state index is 0.0115. The monoisotopic (exact) mass is 1150 g/mol. The zero-order valence-corrected chi connectivity index (χ0v) is 51.1. The minimum Gasteiger partial charge on any atom is -0.458 e. The highest BCUT2D eigenvalue weighted by atomic mass is 16.7. The fraction of sp³-hybridized carbons (Fsp3) is 0.903. The molecule has 0 aromatic carbocycles. The average Bonchev–Trinajstić information content (AvgIpc) is 2.44. The van der Waals surface area contributed by atoms with E-state index < -0.39 is 63.8 Å². The predicted octanol–water partition coefficient (Wildman–Crippen LogP) is 5.99. The summed E-state index contributed by atoms with van der Waals surface area (Å²) in [6.07, 6.45) is 3.64. The maximum absolute atomic E-state index is 13.6. The molecule has 0 aromatic rings. The molecule has 19 heteroatoms. The van der Waals surface area contributed by atoms with Crippen molar-refractivity contribution >= 4 is 11.8 Å². The van der Waals surface area contributed by atoms with Crippen molar-refractivity contribution in [1.82, 2.24) is 0 Å². The van der Waals surface area contributed by atoms with Gasteiger partial charge in [0.05, 0.1) is 118 Å². The number of ketones is 1. The lowest BCUT2D eigenvalue weighted by Crippen LogP contribution is -2.78. The second kappa shape index (κ2) is 26.5. The quantitative estimate of drug-likeness (QED) is 0.0553. The number of allylic oxidation sites excluding steroid dienone is 1. The van der Waals surface area contributed by atoms with Crippen LogP contribution in [0.3, 0.4) is 0 Å². The number of aliphatic hydroxyl groups excluding tert-OH is 1. The Hall–Kier alpha value is -2.02. The van der Waals surface area contributed by atoms with Crippen LogP contribution in [0.5, 0.6) is 0 Å². The summed E-state index contributed by atoms with van der Waals surface area (Å²) >= 11 is 0. The Bertz CT molecular complexity index is 2180. The highest BCUT2D eigenvalue weighted by Crippen LogP contribution is 2.71. The second-order valence-electron chi connectivity index (χ2n) is 26.3. The highest BCUT2D eigenvalue weighted by Gasteiger charge is 2.81. The van der Waals surface area contributed by atoms with Crippen molar-refractivity contribution in [2.45, 2.75) is 248 Å². The van der Waals surface area contributed by atoms with E-state index in [1.54, 1.807) is 35.4 Å². The highest BCUT2D eigenvalue weighted by molar-refractivity contribution is 5.87. The van der Waals surface area contributed by atoms with Crippen molar-refractivity contribution in [3.05, 3.63) is 23.3 Å². The number of carbonyl (C=O) groups excluding carboxylic acids is 2. The lowest BCUT2D eigenvalue weighted by Gasteiger charge is -2.67. The fourth-order valence-corrected chi connectivity index (χ4v) is 16.0. The number of rotatable bonds is 22. The molecule has 8 aliphatic rings. The van der Waals surface area contributed by atoms with Gasteiger partial charge in [-0.3, -0.25) is 4.79 Å². The third-order valence-corrected chi connectivity index (χ3v) is 21.6. The molecule has 24 atom stereocenters. The maximum atomic E-state index is 13.6. The SMILES string of the molecule is CO[C@H]1C[C@H](COC[C@H]2[C@@H](OC)C[C@H](O[C@H]3CC[C@@]4(C)C(=CC[C@]5(O)[C@@H]4C[C@@H](OC(=O)/C=C(\C)C(C)C)[C@@]4(C)[C@]5(O)CC[C@@]4(O)C(C)=O)C3)O[C@@H]2C)O[C@@H](C)[C@H]1COC[C@H]1C[C@H](OC)[C@H](COC[C@H]2C[C@@H](OC)[C@@H](O)[C@H](C)O2)[C@@H](C)O1. The minimum atomic E-state index is -2.01. The number of methoxy groups -OCH3 is 4. The first-order valence-electron chi connectivity index (χ1n) is 30.4. The van der Waals surface area contributed by atoms with Crippen molar-refractivity contribution in [3.63, 3.8) is 0 Å². The molecule has 19 nitrogen and oxygen atoms in total. The van der Waals surface area contributed by atoms with Crippen LogP contribution < -0.4 is 0 Å². The Morgan fingerprint density at radius 3 is 1.67 bits per heavy atom. The Balaban J connectivity index is 0.792. The molecule has 0 spiro atoms. The van der Waals surface area contributed by atoms with E-state index in [1.165, 1.54) is 13.0 Å². The molecular formula is C62H102O19. The van der Waals surface area contributed by atoms with E-state index >= 15 is 0 Å². The molecule has 3 saturated carbocycles. The third-order valence-electron chi connectivity index (χ3n) is 21.6. The summed E-state index contributed by atoms with van der Waals surface area (Å²) in [5.74, 6) is -1.57. The molecule has 4 heterocycles. The first-order valence-corrected chi connectivity index (χ1v) is 30.4. The number of Topliss-reactive ketones (excluding diaryl/α,β-unsaturated/α-hetero) is 1. The van der Waals surface area contributed by atoms with Gasteiger partial charge in [-0.1, -0.05) is 38.0 Å². The van der Waals surface area contributed by atoms with Crippen LogP contribution in [0.25, 0.3) is 0 Å². The summed E-state index contributed by atoms with van der Waals surface area (Å²) in [5, 5.41) is 48.4. The van der Waals surface area contributed by atoms with Gasteiger partial charge in [0, 0.05) is 83.9 Å². The topological polar surface area (TPSA) is 235 Å². The number of carbonyl (C=O) groups is 2. The number of hydrogen-bond acceptors (Lipinski definition) is 19. The van der Waals surface area contributed by atoms with E-state index in [-0.39, 0.29) is 123 Å². The van der Waals surface area contributed by atoms with Crippen LogP contribution in [0.1, 0.15) is 140 Å². The Morgan fingerprint density at radius 1 is 0.667 bits per heavy atom. The van der Waals surface area contributed by atoms with Gasteiger partial charge >= 0.3 is 5.97 Å². The summed E-state index contributed by atoms with van der Waals surface area (Å²) in [6, 6.07) is 0. The maximum Gasteiger partial charge on any atom is 0.330 e. The van der Waals surface area contributed by atoms with Crippen LogP contribution in [0.2, 0.25) is 0 Å². The summed E-state index contributed by atoms with van der Waals surface area (Å²) in [6.45, 7) is 21.4. The van der Waals surface area contributed by atoms with Crippen LogP contribution in [-0.2, 0) is 71.2 Å². The third kappa shape index (κ3) is 12.7. The van der Waals surface area contributed by atoms with Crippen molar-refractivity contribution in [2.75, 3.05) is 68.1 Å². The van der Waals surface area contributed by atoms with Crippen molar-refractivity contribution in [3.8, 4) is 0 Å². The van der Waals surface area contributed by atoms with Crippen LogP contribution in [-0.4, -0.2) is 209 Å². The number of fused-ring (bicyclic) bond motifs is 5. The van der Waals surface area contributed by atoms with E-state index in [4.69, 9.17) is 61.6 Å². The summed E-state index contributed by atoms with van der Waals surface area (Å²) in [5.41, 5.74) is -5.98. The zero-order chi connectivity index (χ0) is 59.0. The molecule has 4 aliphatic heterocycles. The first kappa shape index (κ1) is 65.0. The molecular weight excluding hydrogens is 1050 g/mol. The number of hydrogen-bond donors (Lipinski definition) is 4. The molecule has 4 aliphatic carbocycles. The van der Waals surface area contributed by atoms with Gasteiger partial charge in [-0.15, -0.1) is 0 Å². The van der Waals surface area contributed by atoms with Crippen LogP contribution >= 0.6 is 0 Å². The number of esters is 1. The van der Waals surface area contributed by atoms with Gasteiger partial charge in [0.25, 0.3) is 0 Å². The van der Waals surface area contributed by atoms with Gasteiger partial charge < -0.3 is 82.0 Å². The summed E-state index contributed by atoms with van der Waals surface area (Å²) in [4.78, 5) is 26.9. The molecule has 8 rings (SSSR count). The van der Waals surface area contributed by atoms with E-state index in [0.29, 0.717) is 84.6 Å². The second-order valence-corrected chi connectivity index (χ2v) is 26.3. The average molecular weight is 1150 g/mol. The van der Waals surface area contributed by atoms with Gasteiger partial charge in [-0.25, -0.2) is 4.79 Å². The lowest BCUT2D eigenvalue weighted by molar-refractivity contribution is -0.315. The van der Waals surface area contributed by atoms with E-state index in [2.05, 4.69) is 20.8 Å². The van der Waals surface area contributed by atoms with E-state index in [1.807, 2.05) is 40.7 Å². The summed E-state index contributed by atoms with van der Waals surface area (Å²) < 4.78 is 81.1. The van der Waals surface area contributed by atoms with Gasteiger partial charge in [0.15, 0.2) is 12.1 Å². The molecule has 0 aromatic heterocycles. The van der Waals surface area contributed by atoms with Gasteiger partial charge in [-0.2, -0.15) is 0 Å². The molecule has 464 valence electrons. The Labute approximate surface area is 482 Å². The molecule has 81 heavy (non-hydrogen) atoms. The normalized spacial score (nSPS) is 46.6. The number of aliphatic hydroxyl groups is 4. The first-order chi connectivity index (χ1) is 38.3. The molecule has 0 amide bonds. The smallest absolute Gasteiger partial charge is 0.330 e. The number of ether oxygens (including phenoxy) is 13.